The molecule has 1 aliphatic heterocycles. The Morgan fingerprint density at radius 1 is 1.04 bits per heavy atom. The average Bonchev–Trinajstić information content (AvgIpc) is 2.92. The van der Waals surface area contributed by atoms with E-state index >= 15 is 0 Å². The van der Waals surface area contributed by atoms with Crippen molar-refractivity contribution in [2.24, 2.45) is 0 Å². The van der Waals surface area contributed by atoms with Gasteiger partial charge in [0.15, 0.2) is 0 Å². The molecule has 0 aromatic carbocycles. The Morgan fingerprint density at radius 3 is 2.17 bits per heavy atom. The predicted molar refractivity (Wildman–Crippen MR) is 106 cm³/mol. The van der Waals surface area contributed by atoms with Gasteiger partial charge in [0.1, 0.15) is 0 Å². The van der Waals surface area contributed by atoms with Crippen LogP contribution in [0.3, 0.4) is 0 Å². The van der Waals surface area contributed by atoms with E-state index in [1.807, 2.05) is 0 Å². The standard InChI is InChI=1S/C9H13O2.3C4H9.Sn/c1-7-6-11-8-4-2-3-5-9(7,8)10;3*1-3-4-2;/h1,8,10H,2-6H2;3*1,3-4H2,2H3;/t8-,9+;;;;/m0..../s1. The van der Waals surface area contributed by atoms with Crippen LogP contribution in [-0.2, 0) is 4.74 Å². The van der Waals surface area contributed by atoms with Crippen molar-refractivity contribution >= 4 is 18.4 Å². The zero-order chi connectivity index (χ0) is 17.5. The van der Waals surface area contributed by atoms with Crippen LogP contribution in [0, 0.1) is 0 Å². The van der Waals surface area contributed by atoms with Crippen molar-refractivity contribution in [3.05, 3.63) is 9.67 Å². The number of rotatable bonds is 10. The second kappa shape index (κ2) is 9.96. The molecule has 0 spiro atoms. The zero-order valence-corrected chi connectivity index (χ0v) is 19.3. The monoisotopic (exact) mass is 444 g/mol. The van der Waals surface area contributed by atoms with Crippen molar-refractivity contribution in [3.63, 3.8) is 0 Å². The van der Waals surface area contributed by atoms with Crippen molar-refractivity contribution in [2.75, 3.05) is 6.61 Å². The van der Waals surface area contributed by atoms with Gasteiger partial charge >= 0.3 is 154 Å². The Balaban J connectivity index is 2.26. The van der Waals surface area contributed by atoms with E-state index in [4.69, 9.17) is 4.74 Å². The number of aliphatic hydroxyl groups is 1. The Bertz CT molecular complexity index is 385. The van der Waals surface area contributed by atoms with E-state index in [0.717, 1.165) is 19.3 Å². The van der Waals surface area contributed by atoms with Crippen molar-refractivity contribution < 1.29 is 9.84 Å². The second-order valence-electron chi connectivity index (χ2n) is 8.31. The molecule has 0 aromatic rings. The van der Waals surface area contributed by atoms with Gasteiger partial charge in [-0.25, -0.2) is 0 Å². The first kappa shape index (κ1) is 20.8. The van der Waals surface area contributed by atoms with Crippen molar-refractivity contribution in [2.45, 2.75) is 110 Å². The molecule has 1 saturated heterocycles. The van der Waals surface area contributed by atoms with Crippen LogP contribution in [0.5, 0.6) is 0 Å². The average molecular weight is 443 g/mol. The summed E-state index contributed by atoms with van der Waals surface area (Å²) in [6.45, 7) is 7.69. The molecule has 140 valence electrons. The summed E-state index contributed by atoms with van der Waals surface area (Å²) in [5.41, 5.74) is 0.705. The van der Waals surface area contributed by atoms with Gasteiger partial charge in [-0.1, -0.05) is 0 Å². The molecule has 3 heteroatoms. The van der Waals surface area contributed by atoms with Crippen LogP contribution < -0.4 is 0 Å². The Hall–Kier alpha value is 0.459. The van der Waals surface area contributed by atoms with Gasteiger partial charge in [-0.3, -0.25) is 0 Å². The van der Waals surface area contributed by atoms with Crippen LogP contribution in [0.15, 0.2) is 9.67 Å². The van der Waals surface area contributed by atoms with Gasteiger partial charge < -0.3 is 0 Å². The first-order chi connectivity index (χ1) is 11.6. The van der Waals surface area contributed by atoms with Crippen molar-refractivity contribution in [1.29, 1.82) is 0 Å². The van der Waals surface area contributed by atoms with Gasteiger partial charge in [-0.2, -0.15) is 0 Å². The second-order valence-corrected chi connectivity index (χ2v) is 21.2. The number of hydrogen-bond acceptors (Lipinski definition) is 2. The van der Waals surface area contributed by atoms with Crippen LogP contribution in [0.2, 0.25) is 13.3 Å². The zero-order valence-electron chi connectivity index (χ0n) is 16.4. The molecule has 0 unspecified atom stereocenters. The molecule has 1 saturated carbocycles. The fraction of sp³-hybridized carbons (Fsp3) is 0.905. The summed E-state index contributed by atoms with van der Waals surface area (Å²) in [6.07, 6.45) is 12.5. The summed E-state index contributed by atoms with van der Waals surface area (Å²) in [5, 5.41) is 11.4. The molecule has 1 N–H and O–H groups in total. The third kappa shape index (κ3) is 5.00. The van der Waals surface area contributed by atoms with Crippen LogP contribution >= 0.6 is 0 Å². The Morgan fingerprint density at radius 2 is 1.62 bits per heavy atom. The molecule has 2 fully saturated rings. The van der Waals surface area contributed by atoms with Crippen LogP contribution in [0.25, 0.3) is 0 Å². The molecule has 0 aromatic heterocycles. The molecule has 2 atom stereocenters. The number of fused-ring (bicyclic) bond motifs is 1. The van der Waals surface area contributed by atoms with E-state index in [1.165, 1.54) is 63.8 Å². The predicted octanol–water partition coefficient (Wildman–Crippen LogP) is 6.01. The van der Waals surface area contributed by atoms with Gasteiger partial charge in [0.25, 0.3) is 0 Å². The molecule has 24 heavy (non-hydrogen) atoms. The molecular formula is C21H40O2Sn. The maximum atomic E-state index is 11.4. The molecule has 1 heterocycles. The summed E-state index contributed by atoms with van der Waals surface area (Å²) in [4.78, 5) is 0. The molecule has 0 radical (unpaired) electrons. The summed E-state index contributed by atoms with van der Waals surface area (Å²) in [6, 6.07) is 0. The van der Waals surface area contributed by atoms with E-state index in [1.54, 1.807) is 0 Å². The van der Waals surface area contributed by atoms with Gasteiger partial charge in [0, 0.05) is 0 Å². The molecule has 0 amide bonds. The van der Waals surface area contributed by atoms with E-state index < -0.39 is 24.0 Å². The molecular weight excluding hydrogens is 403 g/mol. The van der Waals surface area contributed by atoms with Crippen molar-refractivity contribution in [1.82, 2.24) is 0 Å². The Labute approximate surface area is 154 Å². The number of hydrogen-bond donors (Lipinski definition) is 1. The maximum absolute atomic E-state index is 11.4. The summed E-state index contributed by atoms with van der Waals surface area (Å²) in [7, 11) is 0. The van der Waals surface area contributed by atoms with Gasteiger partial charge in [-0.05, 0) is 0 Å². The van der Waals surface area contributed by atoms with Gasteiger partial charge in [0.2, 0.25) is 0 Å². The molecule has 2 nitrogen and oxygen atoms in total. The van der Waals surface area contributed by atoms with E-state index in [0.29, 0.717) is 6.61 Å². The summed E-state index contributed by atoms with van der Waals surface area (Å²) in [5.74, 6) is 0. The topological polar surface area (TPSA) is 29.5 Å². The Kier molecular flexibility index (Phi) is 8.62. The third-order valence-corrected chi connectivity index (χ3v) is 20.7. The third-order valence-electron chi connectivity index (χ3n) is 6.37. The van der Waals surface area contributed by atoms with Crippen molar-refractivity contribution in [3.8, 4) is 0 Å². The summed E-state index contributed by atoms with van der Waals surface area (Å²) >= 11 is -2.33. The van der Waals surface area contributed by atoms with Crippen LogP contribution in [0.4, 0.5) is 0 Å². The van der Waals surface area contributed by atoms with Gasteiger partial charge in [-0.15, -0.1) is 0 Å². The fourth-order valence-electron chi connectivity index (χ4n) is 4.74. The SMILES string of the molecule is CCC[CH2][Sn]([CH]=C1CO[C@H]2CCCC[C@@]12O)([CH2]CCC)[CH2]CCC. The van der Waals surface area contributed by atoms with E-state index in [-0.39, 0.29) is 6.10 Å². The number of unbranched alkanes of at least 4 members (excludes halogenated alkanes) is 3. The quantitative estimate of drug-likeness (QED) is 0.420. The van der Waals surface area contributed by atoms with Crippen LogP contribution in [0.1, 0.15) is 85.0 Å². The normalized spacial score (nSPS) is 29.2. The first-order valence-electron chi connectivity index (χ1n) is 10.7. The molecule has 1 aliphatic carbocycles. The van der Waals surface area contributed by atoms with Gasteiger partial charge in [0.05, 0.1) is 0 Å². The van der Waals surface area contributed by atoms with Crippen LogP contribution in [-0.4, -0.2) is 41.8 Å². The molecule has 2 rings (SSSR count). The molecule has 0 bridgehead atoms. The fourth-order valence-corrected chi connectivity index (χ4v) is 20.2. The van der Waals surface area contributed by atoms with E-state index in [2.05, 4.69) is 24.9 Å². The summed E-state index contributed by atoms with van der Waals surface area (Å²) < 4.78 is 13.2. The first-order valence-corrected chi connectivity index (χ1v) is 18.4. The van der Waals surface area contributed by atoms with E-state index in [9.17, 15) is 5.11 Å². The molecule has 2 aliphatic rings. The minimum atomic E-state index is -2.33. The minimum absolute atomic E-state index is 0.0880. The number of ether oxygens (including phenoxy) is 1.